The number of methoxy groups -OCH3 is 1. The van der Waals surface area contributed by atoms with Gasteiger partial charge in [0.05, 0.1) is 12.6 Å². The van der Waals surface area contributed by atoms with Crippen LogP contribution in [0.4, 0.5) is 5.82 Å². The Bertz CT molecular complexity index is 863. The van der Waals surface area contributed by atoms with Crippen LogP contribution in [0.15, 0.2) is 42.5 Å². The number of amides is 1. The highest BCUT2D eigenvalue weighted by molar-refractivity contribution is 6.02. The van der Waals surface area contributed by atoms with E-state index in [1.807, 2.05) is 42.5 Å². The van der Waals surface area contributed by atoms with Gasteiger partial charge in [0.1, 0.15) is 11.5 Å². The third-order valence-corrected chi connectivity index (χ3v) is 3.95. The molecule has 1 aliphatic rings. The molecule has 116 valence electrons. The smallest absolute Gasteiger partial charge is 0.267 e. The first-order chi connectivity index (χ1) is 11.2. The van der Waals surface area contributed by atoms with E-state index in [0.29, 0.717) is 18.0 Å². The SMILES string of the molecule is COc1ccc2[nH]nc(NC(=O)C3Cc4ccccc4O3)c2c1. The molecule has 6 nitrogen and oxygen atoms in total. The third kappa shape index (κ3) is 2.38. The van der Waals surface area contributed by atoms with Gasteiger partial charge in [-0.05, 0) is 29.8 Å². The number of anilines is 1. The zero-order valence-corrected chi connectivity index (χ0v) is 12.5. The Hall–Kier alpha value is -3.02. The van der Waals surface area contributed by atoms with Crippen LogP contribution in [0.5, 0.6) is 11.5 Å². The number of fused-ring (bicyclic) bond motifs is 2. The molecular formula is C17H15N3O3. The molecule has 0 fully saturated rings. The fourth-order valence-corrected chi connectivity index (χ4v) is 2.74. The van der Waals surface area contributed by atoms with Gasteiger partial charge in [0.15, 0.2) is 11.9 Å². The molecule has 2 aromatic carbocycles. The highest BCUT2D eigenvalue weighted by Gasteiger charge is 2.29. The van der Waals surface area contributed by atoms with E-state index < -0.39 is 6.10 Å². The molecule has 0 spiro atoms. The van der Waals surface area contributed by atoms with E-state index in [2.05, 4.69) is 15.5 Å². The van der Waals surface area contributed by atoms with Gasteiger partial charge in [-0.3, -0.25) is 9.89 Å². The zero-order valence-electron chi connectivity index (χ0n) is 12.5. The van der Waals surface area contributed by atoms with Crippen molar-refractivity contribution in [2.45, 2.75) is 12.5 Å². The van der Waals surface area contributed by atoms with Crippen LogP contribution in [0.25, 0.3) is 10.9 Å². The van der Waals surface area contributed by atoms with Crippen molar-refractivity contribution in [2.75, 3.05) is 12.4 Å². The van der Waals surface area contributed by atoms with Gasteiger partial charge in [-0.1, -0.05) is 18.2 Å². The first-order valence-corrected chi connectivity index (χ1v) is 7.32. The molecule has 0 saturated carbocycles. The molecule has 0 saturated heterocycles. The summed E-state index contributed by atoms with van der Waals surface area (Å²) in [5, 5.41) is 10.7. The molecule has 0 radical (unpaired) electrons. The minimum atomic E-state index is -0.537. The molecule has 2 N–H and O–H groups in total. The quantitative estimate of drug-likeness (QED) is 0.779. The van der Waals surface area contributed by atoms with Crippen molar-refractivity contribution in [3.8, 4) is 11.5 Å². The number of benzene rings is 2. The molecule has 1 unspecified atom stereocenters. The molecule has 1 atom stereocenters. The second kappa shape index (κ2) is 5.31. The summed E-state index contributed by atoms with van der Waals surface area (Å²) in [5.41, 5.74) is 1.87. The van der Waals surface area contributed by atoms with E-state index >= 15 is 0 Å². The summed E-state index contributed by atoms with van der Waals surface area (Å²) < 4.78 is 10.9. The molecule has 3 aromatic rings. The Morgan fingerprint density at radius 1 is 1.35 bits per heavy atom. The van der Waals surface area contributed by atoms with Crippen molar-refractivity contribution in [2.24, 2.45) is 0 Å². The molecule has 23 heavy (non-hydrogen) atoms. The summed E-state index contributed by atoms with van der Waals surface area (Å²) >= 11 is 0. The number of nitrogens with one attached hydrogen (secondary N) is 2. The molecule has 2 heterocycles. The van der Waals surface area contributed by atoms with Crippen LogP contribution < -0.4 is 14.8 Å². The fourth-order valence-electron chi connectivity index (χ4n) is 2.74. The summed E-state index contributed by atoms with van der Waals surface area (Å²) in [6.07, 6.45) is 0.0259. The second-order valence-corrected chi connectivity index (χ2v) is 5.39. The number of hydrogen-bond acceptors (Lipinski definition) is 4. The Morgan fingerprint density at radius 3 is 3.04 bits per heavy atom. The largest absolute Gasteiger partial charge is 0.497 e. The molecule has 6 heteroatoms. The fraction of sp³-hybridized carbons (Fsp3) is 0.176. The monoisotopic (exact) mass is 309 g/mol. The van der Waals surface area contributed by atoms with Crippen molar-refractivity contribution < 1.29 is 14.3 Å². The molecule has 1 amide bonds. The number of aromatic nitrogens is 2. The summed E-state index contributed by atoms with van der Waals surface area (Å²) in [6, 6.07) is 13.2. The highest BCUT2D eigenvalue weighted by Crippen LogP contribution is 2.30. The van der Waals surface area contributed by atoms with Crippen LogP contribution in [0.3, 0.4) is 0 Å². The Morgan fingerprint density at radius 2 is 2.22 bits per heavy atom. The predicted molar refractivity (Wildman–Crippen MR) is 85.8 cm³/mol. The van der Waals surface area contributed by atoms with E-state index in [1.54, 1.807) is 7.11 Å². The minimum Gasteiger partial charge on any atom is -0.497 e. The van der Waals surface area contributed by atoms with Gasteiger partial charge in [0, 0.05) is 11.8 Å². The van der Waals surface area contributed by atoms with E-state index in [9.17, 15) is 4.79 Å². The van der Waals surface area contributed by atoms with Gasteiger partial charge < -0.3 is 14.8 Å². The van der Waals surface area contributed by atoms with Crippen LogP contribution in [-0.4, -0.2) is 29.3 Å². The number of rotatable bonds is 3. The van der Waals surface area contributed by atoms with Crippen molar-refractivity contribution >= 4 is 22.6 Å². The Labute approximate surface area is 132 Å². The maximum atomic E-state index is 12.5. The average molecular weight is 309 g/mol. The average Bonchev–Trinajstić information content (AvgIpc) is 3.18. The van der Waals surface area contributed by atoms with Crippen LogP contribution >= 0.6 is 0 Å². The number of hydrogen-bond donors (Lipinski definition) is 2. The van der Waals surface area contributed by atoms with Crippen molar-refractivity contribution in [3.05, 3.63) is 48.0 Å². The van der Waals surface area contributed by atoms with Gasteiger partial charge in [0.25, 0.3) is 5.91 Å². The molecule has 0 bridgehead atoms. The van der Waals surface area contributed by atoms with E-state index in [-0.39, 0.29) is 5.91 Å². The van der Waals surface area contributed by atoms with Gasteiger partial charge in [-0.2, -0.15) is 5.10 Å². The predicted octanol–water partition coefficient (Wildman–Crippen LogP) is 2.51. The van der Waals surface area contributed by atoms with Gasteiger partial charge in [0.2, 0.25) is 0 Å². The van der Waals surface area contributed by atoms with Gasteiger partial charge in [-0.25, -0.2) is 0 Å². The summed E-state index contributed by atoms with van der Waals surface area (Å²) in [7, 11) is 1.60. The standard InChI is InChI=1S/C17H15N3O3/c1-22-11-6-7-13-12(9-11)16(20-19-13)18-17(21)15-8-10-4-2-3-5-14(10)23-15/h2-7,9,15H,8H2,1H3,(H2,18,19,20,21). The van der Waals surface area contributed by atoms with Crippen LogP contribution in [0.2, 0.25) is 0 Å². The number of H-pyrrole nitrogens is 1. The van der Waals surface area contributed by atoms with E-state index in [4.69, 9.17) is 9.47 Å². The normalized spacial score (nSPS) is 16.0. The topological polar surface area (TPSA) is 76.2 Å². The zero-order chi connectivity index (χ0) is 15.8. The van der Waals surface area contributed by atoms with Crippen LogP contribution in [0.1, 0.15) is 5.56 Å². The van der Waals surface area contributed by atoms with Gasteiger partial charge in [-0.15, -0.1) is 0 Å². The third-order valence-electron chi connectivity index (χ3n) is 3.95. The first-order valence-electron chi connectivity index (χ1n) is 7.32. The lowest BCUT2D eigenvalue weighted by Gasteiger charge is -2.10. The van der Waals surface area contributed by atoms with Crippen molar-refractivity contribution in [1.82, 2.24) is 10.2 Å². The first kappa shape index (κ1) is 13.6. The Balaban J connectivity index is 1.56. The highest BCUT2D eigenvalue weighted by atomic mass is 16.5. The lowest BCUT2D eigenvalue weighted by molar-refractivity contribution is -0.122. The number of aromatic amines is 1. The maximum Gasteiger partial charge on any atom is 0.267 e. The van der Waals surface area contributed by atoms with Crippen LogP contribution in [0, 0.1) is 0 Å². The van der Waals surface area contributed by atoms with E-state index in [1.165, 1.54) is 0 Å². The number of ether oxygens (including phenoxy) is 2. The molecule has 4 rings (SSSR count). The molecular weight excluding hydrogens is 294 g/mol. The summed E-state index contributed by atoms with van der Waals surface area (Å²) in [6.45, 7) is 0. The maximum absolute atomic E-state index is 12.5. The number of para-hydroxylation sites is 1. The Kier molecular flexibility index (Phi) is 3.15. The van der Waals surface area contributed by atoms with Crippen molar-refractivity contribution in [3.63, 3.8) is 0 Å². The number of carbonyl (C=O) groups is 1. The lowest BCUT2D eigenvalue weighted by Crippen LogP contribution is -2.31. The molecule has 1 aromatic heterocycles. The summed E-state index contributed by atoms with van der Waals surface area (Å²) in [4.78, 5) is 12.5. The molecule has 1 aliphatic heterocycles. The number of nitrogens with zero attached hydrogens (tertiary/aromatic N) is 1. The number of carbonyl (C=O) groups excluding carboxylic acids is 1. The molecule has 0 aliphatic carbocycles. The van der Waals surface area contributed by atoms with E-state index in [0.717, 1.165) is 22.2 Å². The second-order valence-electron chi connectivity index (χ2n) is 5.39. The van der Waals surface area contributed by atoms with Crippen molar-refractivity contribution in [1.29, 1.82) is 0 Å². The minimum absolute atomic E-state index is 0.211. The lowest BCUT2D eigenvalue weighted by atomic mass is 10.1. The van der Waals surface area contributed by atoms with Crippen LogP contribution in [-0.2, 0) is 11.2 Å². The summed E-state index contributed by atoms with van der Waals surface area (Å²) in [5.74, 6) is 1.74. The van der Waals surface area contributed by atoms with Gasteiger partial charge >= 0.3 is 0 Å².